The molecule has 0 aromatic rings. The minimum Gasteiger partial charge on any atom is -0.480 e. The summed E-state index contributed by atoms with van der Waals surface area (Å²) < 4.78 is 4.61. The number of nitrogens with one attached hydrogen (secondary N) is 2. The molecule has 2 unspecified atom stereocenters. The van der Waals surface area contributed by atoms with Crippen LogP contribution in [0.25, 0.3) is 0 Å². The number of carbonyl (C=O) groups is 3. The lowest BCUT2D eigenvalue weighted by Crippen LogP contribution is -2.59. The van der Waals surface area contributed by atoms with Crippen LogP contribution in [-0.4, -0.2) is 41.8 Å². The van der Waals surface area contributed by atoms with Gasteiger partial charge < -0.3 is 20.5 Å². The lowest BCUT2D eigenvalue weighted by molar-refractivity contribution is -0.144. The summed E-state index contributed by atoms with van der Waals surface area (Å²) in [7, 11) is 1.24. The van der Waals surface area contributed by atoms with E-state index in [9.17, 15) is 19.5 Å². The predicted molar refractivity (Wildman–Crippen MR) is 71.1 cm³/mol. The summed E-state index contributed by atoms with van der Waals surface area (Å²) >= 11 is 0. The monoisotopic (exact) mass is 286 g/mol. The third kappa shape index (κ3) is 3.61. The molecule has 20 heavy (non-hydrogen) atoms. The number of carboxylic acid groups (broad SMARTS) is 1. The molecule has 0 saturated heterocycles. The number of carboxylic acids is 1. The van der Waals surface area contributed by atoms with Gasteiger partial charge >= 0.3 is 18.0 Å². The zero-order chi connectivity index (χ0) is 15.5. The lowest BCUT2D eigenvalue weighted by atomic mass is 9.96. The molecule has 1 fully saturated rings. The Balaban J connectivity index is 2.70. The third-order valence-corrected chi connectivity index (χ3v) is 3.62. The van der Waals surface area contributed by atoms with Crippen LogP contribution in [0.4, 0.5) is 4.79 Å². The number of methoxy groups -OCH3 is 1. The van der Waals surface area contributed by atoms with Crippen molar-refractivity contribution in [2.75, 3.05) is 7.11 Å². The van der Waals surface area contributed by atoms with E-state index in [-0.39, 0.29) is 11.8 Å². The second-order valence-electron chi connectivity index (χ2n) is 5.63. The van der Waals surface area contributed by atoms with Gasteiger partial charge in [-0.1, -0.05) is 13.8 Å². The van der Waals surface area contributed by atoms with Crippen molar-refractivity contribution in [2.45, 2.75) is 45.2 Å². The van der Waals surface area contributed by atoms with Gasteiger partial charge in [-0.15, -0.1) is 0 Å². The van der Waals surface area contributed by atoms with Gasteiger partial charge in [0.15, 0.2) is 0 Å². The van der Waals surface area contributed by atoms with E-state index in [1.807, 2.05) is 0 Å². The molecule has 7 nitrogen and oxygen atoms in total. The Labute approximate surface area is 118 Å². The second kappa shape index (κ2) is 6.11. The van der Waals surface area contributed by atoms with Crippen LogP contribution in [0.5, 0.6) is 0 Å². The summed E-state index contributed by atoms with van der Waals surface area (Å²) in [6, 6.07) is -1.48. The average Bonchev–Trinajstić information content (AvgIpc) is 3.18. The first-order valence-corrected chi connectivity index (χ1v) is 6.62. The minimum atomic E-state index is -1.30. The first-order chi connectivity index (χ1) is 9.22. The molecule has 0 heterocycles. The van der Waals surface area contributed by atoms with Gasteiger partial charge in [-0.25, -0.2) is 14.4 Å². The van der Waals surface area contributed by atoms with Gasteiger partial charge in [0.25, 0.3) is 0 Å². The normalized spacial score (nSPS) is 18.9. The van der Waals surface area contributed by atoms with Crippen LogP contribution in [0.3, 0.4) is 0 Å². The summed E-state index contributed by atoms with van der Waals surface area (Å²) in [4.78, 5) is 34.8. The van der Waals surface area contributed by atoms with Crippen LogP contribution in [0.2, 0.25) is 0 Å². The Morgan fingerprint density at radius 2 is 1.85 bits per heavy atom. The summed E-state index contributed by atoms with van der Waals surface area (Å²) in [6.45, 7) is 5.01. The van der Waals surface area contributed by atoms with Crippen molar-refractivity contribution in [3.8, 4) is 0 Å². The molecular weight excluding hydrogens is 264 g/mol. The van der Waals surface area contributed by atoms with E-state index in [0.717, 1.165) is 12.8 Å². The zero-order valence-electron chi connectivity index (χ0n) is 12.2. The van der Waals surface area contributed by atoms with Crippen molar-refractivity contribution in [2.24, 2.45) is 11.8 Å². The molecule has 2 atom stereocenters. The number of aliphatic carboxylic acids is 1. The van der Waals surface area contributed by atoms with Crippen LogP contribution in [0, 0.1) is 11.8 Å². The van der Waals surface area contributed by atoms with Crippen LogP contribution in [0.1, 0.15) is 33.6 Å². The van der Waals surface area contributed by atoms with Gasteiger partial charge in [-0.2, -0.15) is 0 Å². The number of carbonyl (C=O) groups excluding carboxylic acids is 2. The first kappa shape index (κ1) is 16.3. The number of urea groups is 1. The molecule has 0 bridgehead atoms. The number of esters is 1. The molecular formula is C13H22N2O5. The van der Waals surface area contributed by atoms with Crippen molar-refractivity contribution in [1.29, 1.82) is 0 Å². The molecule has 1 saturated carbocycles. The molecule has 0 aromatic carbocycles. The summed E-state index contributed by atoms with van der Waals surface area (Å²) in [6.07, 6.45) is 1.54. The fourth-order valence-electron chi connectivity index (χ4n) is 2.03. The maximum atomic E-state index is 11.9. The average molecular weight is 286 g/mol. The lowest BCUT2D eigenvalue weighted by Gasteiger charge is -2.28. The van der Waals surface area contributed by atoms with Crippen molar-refractivity contribution < 1.29 is 24.2 Å². The van der Waals surface area contributed by atoms with Gasteiger partial charge in [-0.3, -0.25) is 0 Å². The van der Waals surface area contributed by atoms with E-state index in [1.54, 1.807) is 13.8 Å². The Morgan fingerprint density at radius 1 is 1.30 bits per heavy atom. The standard InChI is InChI=1S/C13H22N2O5/c1-7(2)9(10(16)20-4)14-12(19)15-13(3,11(17)18)8-5-6-8/h7-9H,5-6H2,1-4H3,(H,17,18)(H2,14,15,19). The molecule has 0 spiro atoms. The zero-order valence-corrected chi connectivity index (χ0v) is 12.2. The Hall–Kier alpha value is -1.79. The van der Waals surface area contributed by atoms with Crippen molar-refractivity contribution in [3.05, 3.63) is 0 Å². The highest BCUT2D eigenvalue weighted by molar-refractivity contribution is 5.89. The molecule has 0 aliphatic heterocycles. The van der Waals surface area contributed by atoms with Crippen LogP contribution >= 0.6 is 0 Å². The molecule has 0 radical (unpaired) electrons. The molecule has 114 valence electrons. The Kier molecular flexibility index (Phi) is 4.97. The predicted octanol–water partition coefficient (Wildman–Crippen LogP) is 0.736. The van der Waals surface area contributed by atoms with Gasteiger partial charge in [0.2, 0.25) is 0 Å². The molecule has 7 heteroatoms. The van der Waals surface area contributed by atoms with E-state index < -0.39 is 29.6 Å². The van der Waals surface area contributed by atoms with E-state index in [1.165, 1.54) is 14.0 Å². The highest BCUT2D eigenvalue weighted by atomic mass is 16.5. The van der Waals surface area contributed by atoms with Gasteiger partial charge in [0.05, 0.1) is 7.11 Å². The van der Waals surface area contributed by atoms with E-state index in [2.05, 4.69) is 15.4 Å². The molecule has 3 N–H and O–H groups in total. The molecule has 1 rings (SSSR count). The van der Waals surface area contributed by atoms with Gasteiger partial charge in [0, 0.05) is 0 Å². The fourth-order valence-corrected chi connectivity index (χ4v) is 2.03. The largest absolute Gasteiger partial charge is 0.480 e. The van der Waals surface area contributed by atoms with E-state index in [4.69, 9.17) is 0 Å². The third-order valence-electron chi connectivity index (χ3n) is 3.62. The maximum Gasteiger partial charge on any atom is 0.329 e. The number of ether oxygens (including phenoxy) is 1. The van der Waals surface area contributed by atoms with Gasteiger partial charge in [0.1, 0.15) is 11.6 Å². The Bertz CT molecular complexity index is 406. The molecule has 1 aliphatic carbocycles. The molecule has 1 aliphatic rings. The smallest absolute Gasteiger partial charge is 0.329 e. The highest BCUT2D eigenvalue weighted by Gasteiger charge is 2.48. The fraction of sp³-hybridized carbons (Fsp3) is 0.769. The number of hydrogen-bond acceptors (Lipinski definition) is 4. The number of amides is 2. The van der Waals surface area contributed by atoms with E-state index in [0.29, 0.717) is 0 Å². The quantitative estimate of drug-likeness (QED) is 0.624. The number of hydrogen-bond donors (Lipinski definition) is 3. The number of rotatable bonds is 6. The van der Waals surface area contributed by atoms with Crippen LogP contribution in [-0.2, 0) is 14.3 Å². The van der Waals surface area contributed by atoms with Crippen LogP contribution in [0.15, 0.2) is 0 Å². The van der Waals surface area contributed by atoms with Crippen molar-refractivity contribution in [1.82, 2.24) is 10.6 Å². The van der Waals surface area contributed by atoms with Crippen molar-refractivity contribution >= 4 is 18.0 Å². The minimum absolute atomic E-state index is 0.0682. The Morgan fingerprint density at radius 3 is 2.20 bits per heavy atom. The maximum absolute atomic E-state index is 11.9. The summed E-state index contributed by atoms with van der Waals surface area (Å²) in [5.74, 6) is -1.86. The molecule has 0 aromatic heterocycles. The summed E-state index contributed by atoms with van der Waals surface area (Å²) in [5, 5.41) is 14.2. The second-order valence-corrected chi connectivity index (χ2v) is 5.63. The highest BCUT2D eigenvalue weighted by Crippen LogP contribution is 2.39. The topological polar surface area (TPSA) is 105 Å². The van der Waals surface area contributed by atoms with Crippen LogP contribution < -0.4 is 10.6 Å². The van der Waals surface area contributed by atoms with Crippen molar-refractivity contribution in [3.63, 3.8) is 0 Å². The first-order valence-electron chi connectivity index (χ1n) is 6.62. The van der Waals surface area contributed by atoms with Gasteiger partial charge in [-0.05, 0) is 31.6 Å². The summed E-state index contributed by atoms with van der Waals surface area (Å²) in [5.41, 5.74) is -1.30. The van der Waals surface area contributed by atoms with E-state index >= 15 is 0 Å². The molecule has 2 amide bonds. The SMILES string of the molecule is COC(=O)C(NC(=O)NC(C)(C(=O)O)C1CC1)C(C)C.